The average molecular weight is 209 g/mol. The molecule has 1 nitrogen and oxygen atoms in total. The number of ether oxygens (including phenoxy) is 1. The van der Waals surface area contributed by atoms with E-state index < -0.39 is 0 Å². The van der Waals surface area contributed by atoms with Gasteiger partial charge in [-0.3, -0.25) is 0 Å². The first kappa shape index (κ1) is 8.74. The molecule has 1 aliphatic rings. The Balaban J connectivity index is 2.15. The van der Waals surface area contributed by atoms with Crippen molar-refractivity contribution in [3.05, 3.63) is 53.6 Å². The van der Waals surface area contributed by atoms with E-state index in [4.69, 9.17) is 4.74 Å². The van der Waals surface area contributed by atoms with Gasteiger partial charge in [-0.15, -0.1) is 0 Å². The molecule has 0 aliphatic carbocycles. The van der Waals surface area contributed by atoms with Gasteiger partial charge in [0.05, 0.1) is 10.2 Å². The minimum atomic E-state index is 0.936. The van der Waals surface area contributed by atoms with Gasteiger partial charge >= 0.3 is 0 Å². The van der Waals surface area contributed by atoms with Gasteiger partial charge in [0.1, 0.15) is 11.5 Å². The zero-order chi connectivity index (χ0) is 10.3. The zero-order valence-corrected chi connectivity index (χ0v) is 9.16. The van der Waals surface area contributed by atoms with Crippen LogP contribution in [0.25, 0.3) is 0 Å². The highest BCUT2D eigenvalue weighted by Crippen LogP contribution is 2.34. The van der Waals surface area contributed by atoms with Crippen LogP contribution in [-0.4, -0.2) is 10.2 Å². The molecule has 15 heavy (non-hydrogen) atoms. The Hall–Kier alpha value is -1.54. The van der Waals surface area contributed by atoms with E-state index in [1.54, 1.807) is 0 Å². The highest BCUT2D eigenvalue weighted by atomic mass is 28.1. The second-order valence-corrected chi connectivity index (χ2v) is 4.21. The summed E-state index contributed by atoms with van der Waals surface area (Å²) in [7, 11) is 3.61. The van der Waals surface area contributed by atoms with Gasteiger partial charge in [-0.25, -0.2) is 0 Å². The Morgan fingerprint density at radius 3 is 2.67 bits per heavy atom. The zero-order valence-electron chi connectivity index (χ0n) is 8.16. The van der Waals surface area contributed by atoms with E-state index in [0.29, 0.717) is 0 Å². The molecule has 0 aromatic heterocycles. The van der Waals surface area contributed by atoms with Crippen LogP contribution in [-0.2, 0) is 6.42 Å². The smallest absolute Gasteiger partial charge is 0.130 e. The lowest BCUT2D eigenvalue weighted by Crippen LogP contribution is -2.15. The van der Waals surface area contributed by atoms with E-state index in [2.05, 4.69) is 16.3 Å². The Kier molecular flexibility index (Phi) is 1.89. The van der Waals surface area contributed by atoms with E-state index in [-0.39, 0.29) is 0 Å². The number of rotatable bonds is 0. The molecular weight excluding hydrogens is 200 g/mol. The largest absolute Gasteiger partial charge is 0.457 e. The molecule has 0 bridgehead atoms. The summed E-state index contributed by atoms with van der Waals surface area (Å²) in [5.74, 6) is 1.93. The van der Waals surface area contributed by atoms with Gasteiger partial charge in [0.2, 0.25) is 0 Å². The molecule has 3 rings (SSSR count). The number of hydrogen-bond acceptors (Lipinski definition) is 1. The van der Waals surface area contributed by atoms with Crippen molar-refractivity contribution < 1.29 is 4.74 Å². The summed E-state index contributed by atoms with van der Waals surface area (Å²) < 4.78 is 5.83. The molecule has 0 spiro atoms. The van der Waals surface area contributed by atoms with Crippen molar-refractivity contribution in [3.8, 4) is 11.5 Å². The van der Waals surface area contributed by atoms with Crippen LogP contribution in [0.4, 0.5) is 0 Å². The minimum Gasteiger partial charge on any atom is -0.457 e. The molecule has 0 fully saturated rings. The van der Waals surface area contributed by atoms with E-state index in [1.807, 2.05) is 36.4 Å². The third kappa shape index (κ3) is 1.38. The highest BCUT2D eigenvalue weighted by molar-refractivity contribution is 6.33. The Bertz CT molecular complexity index is 520. The molecule has 0 atom stereocenters. The van der Waals surface area contributed by atoms with Crippen LogP contribution in [0.3, 0.4) is 0 Å². The fourth-order valence-corrected chi connectivity index (χ4v) is 2.21. The molecule has 2 aromatic rings. The van der Waals surface area contributed by atoms with Crippen molar-refractivity contribution in [1.29, 1.82) is 0 Å². The SMILES string of the molecule is [Si]c1cccc2c1Cc1ccccc1O2. The first-order valence-electron chi connectivity index (χ1n) is 4.94. The van der Waals surface area contributed by atoms with Gasteiger partial charge in [-0.2, -0.15) is 0 Å². The average Bonchev–Trinajstić information content (AvgIpc) is 2.27. The second-order valence-electron chi connectivity index (χ2n) is 3.67. The molecule has 1 heterocycles. The second kappa shape index (κ2) is 3.24. The number of benzene rings is 2. The lowest BCUT2D eigenvalue weighted by Gasteiger charge is -2.21. The van der Waals surface area contributed by atoms with Gasteiger partial charge in [-0.05, 0) is 23.3 Å². The van der Waals surface area contributed by atoms with Crippen LogP contribution in [0, 0.1) is 0 Å². The Morgan fingerprint density at radius 1 is 0.933 bits per heavy atom. The molecular formula is C13H9OSi. The quantitative estimate of drug-likeness (QED) is 0.516. The van der Waals surface area contributed by atoms with Crippen molar-refractivity contribution in [1.82, 2.24) is 0 Å². The molecule has 2 heteroatoms. The lowest BCUT2D eigenvalue weighted by molar-refractivity contribution is 0.461. The van der Waals surface area contributed by atoms with Crippen LogP contribution >= 0.6 is 0 Å². The van der Waals surface area contributed by atoms with Gasteiger partial charge in [0.25, 0.3) is 0 Å². The topological polar surface area (TPSA) is 9.23 Å². The van der Waals surface area contributed by atoms with Crippen LogP contribution in [0.2, 0.25) is 0 Å². The van der Waals surface area contributed by atoms with Crippen LogP contribution in [0.1, 0.15) is 11.1 Å². The molecule has 0 amide bonds. The van der Waals surface area contributed by atoms with Crippen molar-refractivity contribution in [2.75, 3.05) is 0 Å². The van der Waals surface area contributed by atoms with Gasteiger partial charge in [0.15, 0.2) is 0 Å². The number of fused-ring (bicyclic) bond motifs is 2. The summed E-state index contributed by atoms with van der Waals surface area (Å²) in [5.41, 5.74) is 2.48. The molecule has 71 valence electrons. The van der Waals surface area contributed by atoms with Crippen LogP contribution < -0.4 is 9.92 Å². The van der Waals surface area contributed by atoms with Crippen molar-refractivity contribution in [3.63, 3.8) is 0 Å². The van der Waals surface area contributed by atoms with E-state index in [1.165, 1.54) is 11.1 Å². The maximum atomic E-state index is 5.83. The van der Waals surface area contributed by atoms with Crippen LogP contribution in [0.5, 0.6) is 11.5 Å². The summed E-state index contributed by atoms with van der Waals surface area (Å²) in [6.45, 7) is 0. The molecule has 2 aromatic carbocycles. The molecule has 0 N–H and O–H groups in total. The third-order valence-electron chi connectivity index (χ3n) is 2.69. The fraction of sp³-hybridized carbons (Fsp3) is 0.0769. The fourth-order valence-electron chi connectivity index (χ4n) is 1.90. The molecule has 1 aliphatic heterocycles. The Labute approximate surface area is 92.1 Å². The molecule has 0 saturated carbocycles. The number of hydrogen-bond donors (Lipinski definition) is 0. The first-order chi connectivity index (χ1) is 7.34. The lowest BCUT2D eigenvalue weighted by atomic mass is 10.0. The van der Waals surface area contributed by atoms with E-state index in [0.717, 1.165) is 23.1 Å². The first-order valence-corrected chi connectivity index (χ1v) is 5.44. The monoisotopic (exact) mass is 209 g/mol. The summed E-state index contributed by atoms with van der Waals surface area (Å²) in [6.07, 6.45) is 0.936. The summed E-state index contributed by atoms with van der Waals surface area (Å²) >= 11 is 0. The van der Waals surface area contributed by atoms with Gasteiger partial charge in [-0.1, -0.05) is 35.5 Å². The summed E-state index contributed by atoms with van der Waals surface area (Å²) in [5, 5.41) is 1.11. The van der Waals surface area contributed by atoms with Crippen LogP contribution in [0.15, 0.2) is 42.5 Å². The van der Waals surface area contributed by atoms with Crippen molar-refractivity contribution in [2.45, 2.75) is 6.42 Å². The Morgan fingerprint density at radius 2 is 1.73 bits per heavy atom. The third-order valence-corrected chi connectivity index (χ3v) is 3.16. The van der Waals surface area contributed by atoms with E-state index in [9.17, 15) is 0 Å². The van der Waals surface area contributed by atoms with Gasteiger partial charge in [0, 0.05) is 6.42 Å². The predicted molar refractivity (Wildman–Crippen MR) is 61.2 cm³/mol. The number of para-hydroxylation sites is 1. The van der Waals surface area contributed by atoms with Crippen molar-refractivity contribution >= 4 is 15.4 Å². The maximum Gasteiger partial charge on any atom is 0.130 e. The van der Waals surface area contributed by atoms with Gasteiger partial charge < -0.3 is 4.74 Å². The molecule has 3 radical (unpaired) electrons. The minimum absolute atomic E-state index is 0.936. The van der Waals surface area contributed by atoms with E-state index >= 15 is 0 Å². The normalized spacial score (nSPS) is 12.6. The summed E-state index contributed by atoms with van der Waals surface area (Å²) in [6, 6.07) is 14.2. The summed E-state index contributed by atoms with van der Waals surface area (Å²) in [4.78, 5) is 0. The van der Waals surface area contributed by atoms with Crippen molar-refractivity contribution in [2.24, 2.45) is 0 Å². The molecule has 0 saturated heterocycles. The maximum absolute atomic E-state index is 5.83. The standard InChI is InChI=1S/C13H9OSi/c15-13-7-3-6-12-10(13)8-9-4-1-2-5-11(9)14-12/h1-7H,8H2. The molecule has 0 unspecified atom stereocenters. The highest BCUT2D eigenvalue weighted by Gasteiger charge is 2.16. The predicted octanol–water partition coefficient (Wildman–Crippen LogP) is 2.18.